The van der Waals surface area contributed by atoms with Gasteiger partial charge in [0.15, 0.2) is 0 Å². The van der Waals surface area contributed by atoms with Gasteiger partial charge in [-0.1, -0.05) is 13.8 Å². The maximum absolute atomic E-state index is 4.91. The van der Waals surface area contributed by atoms with Gasteiger partial charge in [0.05, 0.1) is 11.7 Å². The van der Waals surface area contributed by atoms with Gasteiger partial charge in [-0.25, -0.2) is 4.68 Å². The van der Waals surface area contributed by atoms with Crippen LogP contribution in [0.15, 0.2) is 6.07 Å². The van der Waals surface area contributed by atoms with E-state index in [1.54, 1.807) is 0 Å². The second-order valence-corrected chi connectivity index (χ2v) is 6.60. The molecule has 2 fully saturated rings. The van der Waals surface area contributed by atoms with Crippen molar-refractivity contribution in [3.05, 3.63) is 11.8 Å². The first kappa shape index (κ1) is 9.98. The summed E-state index contributed by atoms with van der Waals surface area (Å²) in [5.74, 6) is 2.85. The summed E-state index contributed by atoms with van der Waals surface area (Å²) in [6.07, 6.45) is 5.33. The number of aromatic nitrogens is 2. The lowest BCUT2D eigenvalue weighted by molar-refractivity contribution is 0.283. The second kappa shape index (κ2) is 3.06. The molecule has 1 aromatic heterocycles. The molecule has 2 heterocycles. The van der Waals surface area contributed by atoms with E-state index in [-0.39, 0.29) is 0 Å². The summed E-state index contributed by atoms with van der Waals surface area (Å²) in [7, 11) is 0. The molecule has 3 aliphatic rings. The molecule has 1 aliphatic heterocycles. The van der Waals surface area contributed by atoms with Gasteiger partial charge in [0.1, 0.15) is 5.82 Å². The quantitative estimate of drug-likeness (QED) is 0.847. The van der Waals surface area contributed by atoms with Crippen molar-refractivity contribution in [3.63, 3.8) is 0 Å². The van der Waals surface area contributed by atoms with Crippen LogP contribution in [0.4, 0.5) is 5.82 Å². The fourth-order valence-corrected chi connectivity index (χ4v) is 3.33. The van der Waals surface area contributed by atoms with Crippen molar-refractivity contribution in [2.24, 2.45) is 11.3 Å². The minimum Gasteiger partial charge on any atom is -0.370 e. The van der Waals surface area contributed by atoms with E-state index in [0.717, 1.165) is 18.4 Å². The highest BCUT2D eigenvalue weighted by Crippen LogP contribution is 2.56. The number of fused-ring (bicyclic) bond motifs is 1. The summed E-state index contributed by atoms with van der Waals surface area (Å²) >= 11 is 0. The predicted octanol–water partition coefficient (Wildman–Crippen LogP) is 3.16. The molecular weight excluding hydrogens is 210 g/mol. The van der Waals surface area contributed by atoms with Gasteiger partial charge >= 0.3 is 0 Å². The molecule has 17 heavy (non-hydrogen) atoms. The predicted molar refractivity (Wildman–Crippen MR) is 68.2 cm³/mol. The Bertz CT molecular complexity index is 458. The highest BCUT2D eigenvalue weighted by atomic mass is 15.4. The van der Waals surface area contributed by atoms with E-state index in [9.17, 15) is 0 Å². The van der Waals surface area contributed by atoms with Crippen molar-refractivity contribution in [2.75, 3.05) is 11.9 Å². The van der Waals surface area contributed by atoms with Gasteiger partial charge in [0.2, 0.25) is 0 Å². The molecule has 1 aromatic rings. The first-order chi connectivity index (χ1) is 8.17. The van der Waals surface area contributed by atoms with Gasteiger partial charge in [-0.3, -0.25) is 0 Å². The van der Waals surface area contributed by atoms with Gasteiger partial charge in [0.25, 0.3) is 0 Å². The Morgan fingerprint density at radius 3 is 2.88 bits per heavy atom. The molecule has 2 saturated carbocycles. The van der Waals surface area contributed by atoms with Crippen LogP contribution < -0.4 is 5.32 Å². The summed E-state index contributed by atoms with van der Waals surface area (Å²) in [4.78, 5) is 0. The van der Waals surface area contributed by atoms with Crippen LogP contribution in [0.5, 0.6) is 0 Å². The standard InChI is InChI=1S/C14H21N3/c1-9-7-10(9)11-8-13-15-6-3-12(17(13)16-11)14(2)4-5-14/h8-10,12,15H,3-7H2,1-2H3. The number of nitrogens with one attached hydrogen (secondary N) is 1. The molecule has 0 spiro atoms. The molecule has 0 saturated heterocycles. The summed E-state index contributed by atoms with van der Waals surface area (Å²) in [6, 6.07) is 2.94. The largest absolute Gasteiger partial charge is 0.370 e. The van der Waals surface area contributed by atoms with Crippen LogP contribution in [0.2, 0.25) is 0 Å². The average Bonchev–Trinajstić information content (AvgIpc) is 3.18. The molecule has 0 aromatic carbocycles. The maximum atomic E-state index is 4.91. The molecule has 3 unspecified atom stereocenters. The van der Waals surface area contributed by atoms with Gasteiger partial charge in [0, 0.05) is 18.5 Å². The third-order valence-corrected chi connectivity index (χ3v) is 5.11. The molecule has 3 atom stereocenters. The van der Waals surface area contributed by atoms with Crippen LogP contribution in [0.25, 0.3) is 0 Å². The molecule has 2 aliphatic carbocycles. The van der Waals surface area contributed by atoms with Crippen molar-refractivity contribution in [1.82, 2.24) is 9.78 Å². The Balaban J connectivity index is 1.70. The Morgan fingerprint density at radius 2 is 2.24 bits per heavy atom. The number of hydrogen-bond donors (Lipinski definition) is 1. The van der Waals surface area contributed by atoms with Gasteiger partial charge in [-0.05, 0) is 37.0 Å². The van der Waals surface area contributed by atoms with Crippen molar-refractivity contribution in [2.45, 2.75) is 51.5 Å². The van der Waals surface area contributed by atoms with Crippen molar-refractivity contribution in [1.29, 1.82) is 0 Å². The van der Waals surface area contributed by atoms with Gasteiger partial charge in [-0.15, -0.1) is 0 Å². The lowest BCUT2D eigenvalue weighted by Gasteiger charge is -2.30. The highest BCUT2D eigenvalue weighted by molar-refractivity contribution is 5.42. The lowest BCUT2D eigenvalue weighted by Crippen LogP contribution is -2.28. The van der Waals surface area contributed by atoms with Gasteiger partial charge in [-0.2, -0.15) is 5.10 Å². The van der Waals surface area contributed by atoms with E-state index in [1.807, 2.05) is 0 Å². The third kappa shape index (κ3) is 1.44. The normalized spacial score (nSPS) is 37.2. The van der Waals surface area contributed by atoms with Crippen molar-refractivity contribution in [3.8, 4) is 0 Å². The monoisotopic (exact) mass is 231 g/mol. The zero-order chi connectivity index (χ0) is 11.6. The van der Waals surface area contributed by atoms with Crippen LogP contribution >= 0.6 is 0 Å². The molecule has 1 N–H and O–H groups in total. The number of nitrogens with zero attached hydrogens (tertiary/aromatic N) is 2. The highest BCUT2D eigenvalue weighted by Gasteiger charge is 2.48. The molecule has 4 rings (SSSR count). The summed E-state index contributed by atoms with van der Waals surface area (Å²) < 4.78 is 2.30. The van der Waals surface area contributed by atoms with E-state index in [2.05, 4.69) is 29.9 Å². The minimum absolute atomic E-state index is 0.537. The lowest BCUT2D eigenvalue weighted by atomic mass is 9.95. The van der Waals surface area contributed by atoms with Crippen LogP contribution in [0.1, 0.15) is 57.2 Å². The van der Waals surface area contributed by atoms with E-state index in [4.69, 9.17) is 5.10 Å². The Kier molecular flexibility index (Phi) is 1.80. The first-order valence-electron chi connectivity index (χ1n) is 7.01. The summed E-state index contributed by atoms with van der Waals surface area (Å²) in [5, 5.41) is 8.42. The molecule has 3 nitrogen and oxygen atoms in total. The molecule has 92 valence electrons. The molecule has 0 radical (unpaired) electrons. The smallest absolute Gasteiger partial charge is 0.124 e. The van der Waals surface area contributed by atoms with E-state index < -0.39 is 0 Å². The SMILES string of the molecule is CC1CC1c1cc2n(n1)C(C1(C)CC1)CCN2. The van der Waals surface area contributed by atoms with E-state index in [1.165, 1.54) is 37.2 Å². The minimum atomic E-state index is 0.537. The Morgan fingerprint density at radius 1 is 1.47 bits per heavy atom. The summed E-state index contributed by atoms with van der Waals surface area (Å²) in [6.45, 7) is 5.87. The number of rotatable bonds is 2. The Labute approximate surface area is 103 Å². The zero-order valence-electron chi connectivity index (χ0n) is 10.7. The molecular formula is C14H21N3. The van der Waals surface area contributed by atoms with E-state index >= 15 is 0 Å². The fourth-order valence-electron chi connectivity index (χ4n) is 3.33. The van der Waals surface area contributed by atoms with Crippen LogP contribution in [-0.2, 0) is 0 Å². The Hall–Kier alpha value is -0.990. The van der Waals surface area contributed by atoms with Crippen LogP contribution in [0.3, 0.4) is 0 Å². The topological polar surface area (TPSA) is 29.9 Å². The molecule has 0 amide bonds. The van der Waals surface area contributed by atoms with Crippen LogP contribution in [0, 0.1) is 11.3 Å². The number of anilines is 1. The van der Waals surface area contributed by atoms with Crippen molar-refractivity contribution < 1.29 is 0 Å². The number of hydrogen-bond acceptors (Lipinski definition) is 2. The van der Waals surface area contributed by atoms with E-state index in [0.29, 0.717) is 11.5 Å². The maximum Gasteiger partial charge on any atom is 0.124 e. The second-order valence-electron chi connectivity index (χ2n) is 6.60. The van der Waals surface area contributed by atoms with Crippen LogP contribution in [-0.4, -0.2) is 16.3 Å². The molecule has 0 bridgehead atoms. The fraction of sp³-hybridized carbons (Fsp3) is 0.786. The summed E-state index contributed by atoms with van der Waals surface area (Å²) in [5.41, 5.74) is 1.87. The van der Waals surface area contributed by atoms with Crippen molar-refractivity contribution >= 4 is 5.82 Å². The average molecular weight is 231 g/mol. The third-order valence-electron chi connectivity index (χ3n) is 5.11. The molecule has 3 heteroatoms. The first-order valence-corrected chi connectivity index (χ1v) is 7.01. The van der Waals surface area contributed by atoms with Gasteiger partial charge < -0.3 is 5.32 Å². The zero-order valence-corrected chi connectivity index (χ0v) is 10.7.